The van der Waals surface area contributed by atoms with E-state index in [-0.39, 0.29) is 0 Å². The molecule has 0 aliphatic rings. The Morgan fingerprint density at radius 3 is 0.742 bits per heavy atom. The van der Waals surface area contributed by atoms with Gasteiger partial charge in [0, 0.05) is 12.1 Å². The molecular formula is C54H38N4O4. The van der Waals surface area contributed by atoms with E-state index in [0.29, 0.717) is 71.7 Å². The first-order valence-electron chi connectivity index (χ1n) is 19.7. The fourth-order valence-corrected chi connectivity index (χ4v) is 6.19. The summed E-state index contributed by atoms with van der Waals surface area (Å²) in [4.78, 5) is 0. The Balaban J connectivity index is 1.05. The van der Waals surface area contributed by atoms with E-state index in [2.05, 4.69) is 24.3 Å². The first-order valence-corrected chi connectivity index (χ1v) is 19.7. The van der Waals surface area contributed by atoms with Crippen LogP contribution in [0.2, 0.25) is 0 Å². The Morgan fingerprint density at radius 1 is 0.290 bits per heavy atom. The van der Waals surface area contributed by atoms with Crippen molar-refractivity contribution in [1.29, 1.82) is 21.0 Å². The van der Waals surface area contributed by atoms with Crippen molar-refractivity contribution in [1.82, 2.24) is 0 Å². The second-order valence-electron chi connectivity index (χ2n) is 14.2. The largest absolute Gasteiger partial charge is 0.489 e. The second kappa shape index (κ2) is 20.7. The molecular weight excluding hydrogens is 769 g/mol. The van der Waals surface area contributed by atoms with Gasteiger partial charge in [-0.05, 0) is 117 Å². The average molecular weight is 807 g/mol. The van der Waals surface area contributed by atoms with Crippen LogP contribution in [0.3, 0.4) is 0 Å². The predicted octanol–water partition coefficient (Wildman–Crippen LogP) is 11.8. The first kappa shape index (κ1) is 41.3. The number of ether oxygens (including phenoxy) is 4. The van der Waals surface area contributed by atoms with Crippen LogP contribution >= 0.6 is 0 Å². The monoisotopic (exact) mass is 806 g/mol. The van der Waals surface area contributed by atoms with Crippen LogP contribution in [-0.2, 0) is 26.4 Å². The van der Waals surface area contributed by atoms with Gasteiger partial charge in [0.25, 0.3) is 0 Å². The molecule has 0 bridgehead atoms. The molecule has 62 heavy (non-hydrogen) atoms. The lowest BCUT2D eigenvalue weighted by Gasteiger charge is -2.12. The summed E-state index contributed by atoms with van der Waals surface area (Å²) in [5, 5.41) is 36.6. The second-order valence-corrected chi connectivity index (χ2v) is 14.2. The lowest BCUT2D eigenvalue weighted by molar-refractivity contribution is 0.289. The number of hydrogen-bond donors (Lipinski definition) is 0. The molecule has 0 fully saturated rings. The zero-order chi connectivity index (χ0) is 42.9. The van der Waals surface area contributed by atoms with E-state index in [1.165, 1.54) is 0 Å². The maximum Gasteiger partial charge on any atom is 0.124 e. The number of rotatable bonds is 16. The molecule has 0 N–H and O–H groups in total. The van der Waals surface area contributed by atoms with E-state index < -0.39 is 0 Å². The number of hydrogen-bond acceptors (Lipinski definition) is 8. The van der Waals surface area contributed by atoms with E-state index in [4.69, 9.17) is 40.0 Å². The van der Waals surface area contributed by atoms with Gasteiger partial charge in [-0.25, -0.2) is 0 Å². The van der Waals surface area contributed by atoms with Gasteiger partial charge in [-0.2, -0.15) is 21.0 Å². The molecule has 0 heterocycles. The molecule has 0 aliphatic carbocycles. The molecule has 8 nitrogen and oxygen atoms in total. The molecule has 0 atom stereocenters. The number of nitriles is 4. The van der Waals surface area contributed by atoms with Crippen LogP contribution in [0.4, 0.5) is 0 Å². The van der Waals surface area contributed by atoms with Gasteiger partial charge in [-0.3, -0.25) is 0 Å². The van der Waals surface area contributed by atoms with E-state index >= 15 is 0 Å². The van der Waals surface area contributed by atoms with Gasteiger partial charge in [0.15, 0.2) is 0 Å². The van der Waals surface area contributed by atoms with Crippen molar-refractivity contribution < 1.29 is 18.9 Å². The fraction of sp³-hybridized carbons (Fsp3) is 0.0741. The smallest absolute Gasteiger partial charge is 0.124 e. The van der Waals surface area contributed by atoms with Gasteiger partial charge in [0.2, 0.25) is 0 Å². The van der Waals surface area contributed by atoms with Gasteiger partial charge in [-0.1, -0.05) is 97.1 Å². The molecule has 0 saturated carbocycles. The van der Waals surface area contributed by atoms with Gasteiger partial charge >= 0.3 is 0 Å². The average Bonchev–Trinajstić information content (AvgIpc) is 3.33. The van der Waals surface area contributed by atoms with Crippen molar-refractivity contribution >= 4 is 24.3 Å². The third-order valence-corrected chi connectivity index (χ3v) is 9.63. The first-order chi connectivity index (χ1) is 30.4. The van der Waals surface area contributed by atoms with Crippen LogP contribution in [-0.4, -0.2) is 0 Å². The van der Waals surface area contributed by atoms with Crippen molar-refractivity contribution in [3.8, 4) is 47.3 Å². The zero-order valence-corrected chi connectivity index (χ0v) is 33.6. The summed E-state index contributed by atoms with van der Waals surface area (Å²) >= 11 is 0. The van der Waals surface area contributed by atoms with Gasteiger partial charge in [-0.15, -0.1) is 0 Å². The molecule has 0 saturated heterocycles. The molecule has 0 unspecified atom stereocenters. The van der Waals surface area contributed by atoms with Crippen molar-refractivity contribution in [3.05, 3.63) is 224 Å². The normalized spacial score (nSPS) is 10.6. The molecule has 0 radical (unpaired) electrons. The molecule has 7 rings (SSSR count). The summed E-state index contributed by atoms with van der Waals surface area (Å²) in [6.45, 7) is 1.30. The standard InChI is InChI=1S/C54H38N4O4/c55-31-41-7-15-45(16-8-41)35-59-51-25-49(26-52(29-51)60-36-46-17-9-42(32-56)10-18-46)23-5-39-1-2-40(4-3-39)6-24-50-27-53(61-37-47-19-11-43(33-57)12-20-47)30-54(28-50)62-38-48-21-13-44(34-58)14-22-48/h1-30H,35-38H2/b23-5+,24-6+. The summed E-state index contributed by atoms with van der Waals surface area (Å²) in [6, 6.07) is 57.5. The molecule has 0 aliphatic heterocycles. The Morgan fingerprint density at radius 2 is 0.516 bits per heavy atom. The van der Waals surface area contributed by atoms with Crippen LogP contribution in [0.25, 0.3) is 24.3 Å². The molecule has 298 valence electrons. The third-order valence-electron chi connectivity index (χ3n) is 9.63. The molecule has 0 spiro atoms. The maximum absolute atomic E-state index is 9.16. The van der Waals surface area contributed by atoms with Crippen LogP contribution in [0.1, 0.15) is 66.8 Å². The topological polar surface area (TPSA) is 132 Å². The van der Waals surface area contributed by atoms with Crippen LogP contribution in [0.5, 0.6) is 23.0 Å². The van der Waals surface area contributed by atoms with Crippen molar-refractivity contribution in [3.63, 3.8) is 0 Å². The van der Waals surface area contributed by atoms with E-state index in [1.807, 2.05) is 133 Å². The molecule has 8 heteroatoms. The fourth-order valence-electron chi connectivity index (χ4n) is 6.19. The predicted molar refractivity (Wildman–Crippen MR) is 239 cm³/mol. The summed E-state index contributed by atoms with van der Waals surface area (Å²) in [7, 11) is 0. The minimum absolute atomic E-state index is 0.325. The van der Waals surface area contributed by atoms with Gasteiger partial charge in [0.1, 0.15) is 49.4 Å². The highest BCUT2D eigenvalue weighted by molar-refractivity contribution is 5.74. The van der Waals surface area contributed by atoms with Crippen molar-refractivity contribution in [2.24, 2.45) is 0 Å². The summed E-state index contributed by atoms with van der Waals surface area (Å²) < 4.78 is 24.7. The molecule has 7 aromatic carbocycles. The quantitative estimate of drug-likeness (QED) is 0.0882. The van der Waals surface area contributed by atoms with Crippen LogP contribution < -0.4 is 18.9 Å². The summed E-state index contributed by atoms with van der Waals surface area (Å²) in [5.41, 5.74) is 9.90. The highest BCUT2D eigenvalue weighted by Crippen LogP contribution is 2.28. The van der Waals surface area contributed by atoms with Crippen LogP contribution in [0.15, 0.2) is 158 Å². The number of nitrogens with zero attached hydrogens (tertiary/aromatic N) is 4. The molecule has 0 amide bonds. The molecule has 0 aromatic heterocycles. The lowest BCUT2D eigenvalue weighted by Crippen LogP contribution is -1.99. The Hall–Kier alpha value is -8.82. The van der Waals surface area contributed by atoms with E-state index in [1.54, 1.807) is 48.5 Å². The highest BCUT2D eigenvalue weighted by Gasteiger charge is 2.07. The minimum atomic E-state index is 0.325. The zero-order valence-electron chi connectivity index (χ0n) is 33.6. The Bertz CT molecular complexity index is 2500. The van der Waals surface area contributed by atoms with Gasteiger partial charge in [0.05, 0.1) is 46.5 Å². The Kier molecular flexibility index (Phi) is 13.8. The minimum Gasteiger partial charge on any atom is -0.489 e. The van der Waals surface area contributed by atoms with Crippen molar-refractivity contribution in [2.45, 2.75) is 26.4 Å². The Labute approximate surface area is 361 Å². The third kappa shape index (κ3) is 12.1. The summed E-state index contributed by atoms with van der Waals surface area (Å²) in [6.07, 6.45) is 8.08. The SMILES string of the molecule is N#Cc1ccc(COc2cc(/C=C/c3ccc(/C=C/c4cc(OCc5ccc(C#N)cc5)cc(OCc5ccc(C#N)cc5)c4)cc3)cc(OCc3ccc(C#N)cc3)c2)cc1. The summed E-state index contributed by atoms with van der Waals surface area (Å²) in [5.74, 6) is 2.55. The molecule has 7 aromatic rings. The van der Waals surface area contributed by atoms with E-state index in [9.17, 15) is 0 Å². The maximum atomic E-state index is 9.16. The van der Waals surface area contributed by atoms with Gasteiger partial charge < -0.3 is 18.9 Å². The van der Waals surface area contributed by atoms with Crippen molar-refractivity contribution in [2.75, 3.05) is 0 Å². The van der Waals surface area contributed by atoms with E-state index in [0.717, 1.165) is 44.5 Å². The number of benzene rings is 7. The highest BCUT2D eigenvalue weighted by atomic mass is 16.5. The lowest BCUT2D eigenvalue weighted by atomic mass is 10.1. The van der Waals surface area contributed by atoms with Crippen LogP contribution in [0, 0.1) is 45.3 Å².